The highest BCUT2D eigenvalue weighted by molar-refractivity contribution is 8.00. The molecule has 1 heterocycles. The summed E-state index contributed by atoms with van der Waals surface area (Å²) in [5.41, 5.74) is 9.40. The first-order chi connectivity index (χ1) is 8.63. The van der Waals surface area contributed by atoms with Crippen LogP contribution in [0.3, 0.4) is 0 Å². The number of nitrogens with two attached hydrogens (primary N) is 1. The van der Waals surface area contributed by atoms with Gasteiger partial charge in [-0.25, -0.2) is 0 Å². The molecule has 0 radical (unpaired) electrons. The molecule has 3 nitrogen and oxygen atoms in total. The van der Waals surface area contributed by atoms with Gasteiger partial charge < -0.3 is 11.1 Å². The van der Waals surface area contributed by atoms with Crippen molar-refractivity contribution in [1.82, 2.24) is 0 Å². The van der Waals surface area contributed by atoms with E-state index in [0.717, 1.165) is 12.2 Å². The summed E-state index contributed by atoms with van der Waals surface area (Å²) in [6.45, 7) is 5.00. The van der Waals surface area contributed by atoms with Crippen LogP contribution in [0.4, 0.5) is 5.69 Å². The molecule has 1 aromatic carbocycles. The molecule has 1 aliphatic rings. The van der Waals surface area contributed by atoms with Crippen molar-refractivity contribution in [2.45, 2.75) is 31.9 Å². The Bertz CT molecular complexity index is 416. The summed E-state index contributed by atoms with van der Waals surface area (Å²) in [6.07, 6.45) is 2.58. The quantitative estimate of drug-likeness (QED) is 0.651. The number of rotatable bonds is 3. The Morgan fingerprint density at radius 3 is 2.72 bits per heavy atom. The van der Waals surface area contributed by atoms with E-state index < -0.39 is 0 Å². The van der Waals surface area contributed by atoms with E-state index in [1.165, 1.54) is 29.7 Å². The number of thioether (sulfide) groups is 1. The molecule has 1 saturated heterocycles. The average Bonchev–Trinajstić information content (AvgIpc) is 2.77. The second-order valence-corrected chi connectivity index (χ2v) is 6.27. The number of aliphatic imine (C=N–C) groups is 1. The van der Waals surface area contributed by atoms with Gasteiger partial charge >= 0.3 is 0 Å². The monoisotopic (exact) mass is 263 g/mol. The van der Waals surface area contributed by atoms with Crippen LogP contribution in [0.1, 0.15) is 24.0 Å². The fourth-order valence-electron chi connectivity index (χ4n) is 2.22. The first kappa shape index (κ1) is 13.3. The zero-order valence-corrected chi connectivity index (χ0v) is 11.9. The fourth-order valence-corrected chi connectivity index (χ4v) is 3.40. The van der Waals surface area contributed by atoms with Gasteiger partial charge in [0.05, 0.1) is 6.54 Å². The summed E-state index contributed by atoms with van der Waals surface area (Å²) < 4.78 is 0. The van der Waals surface area contributed by atoms with Gasteiger partial charge in [-0.15, -0.1) is 0 Å². The van der Waals surface area contributed by atoms with Crippen molar-refractivity contribution in [2.75, 3.05) is 17.6 Å². The van der Waals surface area contributed by atoms with E-state index in [1.807, 2.05) is 11.8 Å². The third-order valence-electron chi connectivity index (χ3n) is 2.98. The minimum atomic E-state index is 0.521. The fraction of sp³-hybridized carbons (Fsp3) is 0.500. The second kappa shape index (κ2) is 6.14. The molecule has 0 bridgehead atoms. The van der Waals surface area contributed by atoms with Crippen LogP contribution in [-0.4, -0.2) is 23.5 Å². The predicted molar refractivity (Wildman–Crippen MR) is 81.5 cm³/mol. The van der Waals surface area contributed by atoms with Gasteiger partial charge in [0.15, 0.2) is 5.96 Å². The highest BCUT2D eigenvalue weighted by Crippen LogP contribution is 2.26. The summed E-state index contributed by atoms with van der Waals surface area (Å²) in [5.74, 6) is 1.79. The summed E-state index contributed by atoms with van der Waals surface area (Å²) in [6, 6.07) is 6.31. The Balaban J connectivity index is 1.92. The molecule has 4 heteroatoms. The summed E-state index contributed by atoms with van der Waals surface area (Å²) in [4.78, 5) is 4.42. The van der Waals surface area contributed by atoms with Gasteiger partial charge in [0, 0.05) is 10.9 Å². The van der Waals surface area contributed by atoms with Gasteiger partial charge in [-0.05, 0) is 55.7 Å². The van der Waals surface area contributed by atoms with Crippen molar-refractivity contribution in [3.05, 3.63) is 29.3 Å². The molecule has 1 atom stereocenters. The number of nitrogens with one attached hydrogen (secondary N) is 1. The van der Waals surface area contributed by atoms with Crippen LogP contribution in [0.5, 0.6) is 0 Å². The molecule has 2 rings (SSSR count). The maximum absolute atomic E-state index is 5.91. The molecule has 3 N–H and O–H groups in total. The van der Waals surface area contributed by atoms with Crippen molar-refractivity contribution in [2.24, 2.45) is 10.7 Å². The van der Waals surface area contributed by atoms with Gasteiger partial charge in [0.25, 0.3) is 0 Å². The highest BCUT2D eigenvalue weighted by atomic mass is 32.2. The summed E-state index contributed by atoms with van der Waals surface area (Å²) in [7, 11) is 0. The maximum Gasteiger partial charge on any atom is 0.193 e. The van der Waals surface area contributed by atoms with Crippen LogP contribution in [0.25, 0.3) is 0 Å². The lowest BCUT2D eigenvalue weighted by Gasteiger charge is -2.09. The number of benzene rings is 1. The molecule has 1 fully saturated rings. The molecule has 1 unspecified atom stereocenters. The standard InChI is InChI=1S/C14H21N3S/c1-10-6-11(2)8-12(7-10)17-14(15)16-9-13-4-3-5-18-13/h6-8,13H,3-5,9H2,1-2H3,(H3,15,16,17). The molecule has 0 aliphatic carbocycles. The Kier molecular flexibility index (Phi) is 4.53. The Hall–Kier alpha value is -1.16. The molecule has 0 aromatic heterocycles. The Morgan fingerprint density at radius 2 is 2.11 bits per heavy atom. The third-order valence-corrected chi connectivity index (χ3v) is 4.36. The molecule has 0 saturated carbocycles. The SMILES string of the molecule is Cc1cc(C)cc(NC(N)=NCC2CCCS2)c1. The average molecular weight is 263 g/mol. The van der Waals surface area contributed by atoms with Crippen LogP contribution in [0.15, 0.2) is 23.2 Å². The first-order valence-electron chi connectivity index (χ1n) is 6.40. The van der Waals surface area contributed by atoms with E-state index in [0.29, 0.717) is 11.2 Å². The number of nitrogens with zero attached hydrogens (tertiary/aromatic N) is 1. The van der Waals surface area contributed by atoms with Crippen LogP contribution in [-0.2, 0) is 0 Å². The van der Waals surface area contributed by atoms with E-state index >= 15 is 0 Å². The van der Waals surface area contributed by atoms with E-state index in [2.05, 4.69) is 42.4 Å². The normalized spacial score (nSPS) is 20.1. The second-order valence-electron chi connectivity index (χ2n) is 4.86. The van der Waals surface area contributed by atoms with Crippen molar-refractivity contribution in [1.29, 1.82) is 0 Å². The Morgan fingerprint density at radius 1 is 1.39 bits per heavy atom. The van der Waals surface area contributed by atoms with E-state index in [1.54, 1.807) is 0 Å². The zero-order chi connectivity index (χ0) is 13.0. The zero-order valence-electron chi connectivity index (χ0n) is 11.1. The van der Waals surface area contributed by atoms with Crippen molar-refractivity contribution < 1.29 is 0 Å². The first-order valence-corrected chi connectivity index (χ1v) is 7.45. The molecule has 1 aliphatic heterocycles. The van der Waals surface area contributed by atoms with Crippen LogP contribution in [0, 0.1) is 13.8 Å². The summed E-state index contributed by atoms with van der Waals surface area (Å²) in [5, 5.41) is 3.82. The van der Waals surface area contributed by atoms with E-state index in [4.69, 9.17) is 5.73 Å². The van der Waals surface area contributed by atoms with Crippen LogP contribution >= 0.6 is 11.8 Å². The minimum absolute atomic E-state index is 0.521. The van der Waals surface area contributed by atoms with Gasteiger partial charge in [-0.2, -0.15) is 11.8 Å². The lowest BCUT2D eigenvalue weighted by molar-refractivity contribution is 0.786. The predicted octanol–water partition coefficient (Wildman–Crippen LogP) is 2.93. The lowest BCUT2D eigenvalue weighted by atomic mass is 10.1. The topological polar surface area (TPSA) is 50.4 Å². The largest absolute Gasteiger partial charge is 0.370 e. The van der Waals surface area contributed by atoms with Crippen molar-refractivity contribution in [3.8, 4) is 0 Å². The molecule has 0 spiro atoms. The maximum atomic E-state index is 5.91. The van der Waals surface area contributed by atoms with Gasteiger partial charge in [-0.3, -0.25) is 4.99 Å². The molecular weight excluding hydrogens is 242 g/mol. The number of hydrogen-bond acceptors (Lipinski definition) is 2. The van der Waals surface area contributed by atoms with Crippen molar-refractivity contribution >= 4 is 23.4 Å². The third kappa shape index (κ3) is 3.95. The number of anilines is 1. The molecule has 18 heavy (non-hydrogen) atoms. The number of hydrogen-bond donors (Lipinski definition) is 2. The lowest BCUT2D eigenvalue weighted by Crippen LogP contribution is -2.24. The van der Waals surface area contributed by atoms with Gasteiger partial charge in [0.1, 0.15) is 0 Å². The molecular formula is C14H21N3S. The Labute approximate surface area is 113 Å². The van der Waals surface area contributed by atoms with Crippen LogP contribution in [0.2, 0.25) is 0 Å². The summed E-state index contributed by atoms with van der Waals surface area (Å²) >= 11 is 2.01. The highest BCUT2D eigenvalue weighted by Gasteiger charge is 2.14. The van der Waals surface area contributed by atoms with Gasteiger partial charge in [-0.1, -0.05) is 6.07 Å². The molecule has 98 valence electrons. The number of guanidine groups is 1. The number of aryl methyl sites for hydroxylation is 2. The van der Waals surface area contributed by atoms with Crippen LogP contribution < -0.4 is 11.1 Å². The van der Waals surface area contributed by atoms with E-state index in [-0.39, 0.29) is 0 Å². The molecule has 1 aromatic rings. The van der Waals surface area contributed by atoms with Gasteiger partial charge in [0.2, 0.25) is 0 Å². The van der Waals surface area contributed by atoms with E-state index in [9.17, 15) is 0 Å². The smallest absolute Gasteiger partial charge is 0.193 e. The molecule has 0 amide bonds. The van der Waals surface area contributed by atoms with Crippen molar-refractivity contribution in [3.63, 3.8) is 0 Å². The minimum Gasteiger partial charge on any atom is -0.370 e.